The van der Waals surface area contributed by atoms with E-state index in [9.17, 15) is 4.79 Å². The summed E-state index contributed by atoms with van der Waals surface area (Å²) in [5.74, 6) is -0.00458. The van der Waals surface area contributed by atoms with E-state index in [-0.39, 0.29) is 11.9 Å². The molecular weight excluding hydrogens is 276 g/mol. The molecule has 1 amide bonds. The van der Waals surface area contributed by atoms with Crippen LogP contribution in [-0.2, 0) is 0 Å². The van der Waals surface area contributed by atoms with Crippen molar-refractivity contribution in [1.82, 2.24) is 19.3 Å². The molecule has 0 spiro atoms. The van der Waals surface area contributed by atoms with E-state index < -0.39 is 0 Å². The smallest absolute Gasteiger partial charge is 0.274 e. The molecular formula is C17H16N4O. The van der Waals surface area contributed by atoms with Gasteiger partial charge in [0.05, 0.1) is 6.04 Å². The number of carbonyl (C=O) groups excluding carboxylic acids is 1. The molecule has 5 nitrogen and oxygen atoms in total. The lowest BCUT2D eigenvalue weighted by Crippen LogP contribution is -2.30. The molecule has 0 aromatic carbocycles. The molecule has 3 aromatic heterocycles. The Labute approximate surface area is 128 Å². The number of carbonyl (C=O) groups is 1. The van der Waals surface area contributed by atoms with Crippen molar-refractivity contribution in [3.8, 4) is 0 Å². The van der Waals surface area contributed by atoms with Gasteiger partial charge in [0, 0.05) is 31.3 Å². The predicted molar refractivity (Wildman–Crippen MR) is 82.4 cm³/mol. The van der Waals surface area contributed by atoms with E-state index in [0.29, 0.717) is 5.69 Å². The third kappa shape index (κ3) is 2.15. The fraction of sp³-hybridized carbons (Fsp3) is 0.235. The number of fused-ring (bicyclic) bond motifs is 1. The molecule has 1 saturated heterocycles. The van der Waals surface area contributed by atoms with Gasteiger partial charge in [0.2, 0.25) is 0 Å². The summed E-state index contributed by atoms with van der Waals surface area (Å²) < 4.78 is 1.88. The Balaban J connectivity index is 1.66. The maximum Gasteiger partial charge on any atom is 0.274 e. The Morgan fingerprint density at radius 2 is 2.18 bits per heavy atom. The van der Waals surface area contributed by atoms with E-state index in [1.165, 1.54) is 0 Å². The molecule has 0 radical (unpaired) electrons. The zero-order chi connectivity index (χ0) is 14.9. The van der Waals surface area contributed by atoms with Crippen LogP contribution in [-0.4, -0.2) is 31.7 Å². The number of nitrogens with zero attached hydrogens (tertiary/aromatic N) is 4. The number of hydrogen-bond acceptors (Lipinski definition) is 3. The molecule has 0 bridgehead atoms. The first-order valence-electron chi connectivity index (χ1n) is 7.47. The van der Waals surface area contributed by atoms with Crippen molar-refractivity contribution in [3.63, 3.8) is 0 Å². The van der Waals surface area contributed by atoms with Crippen LogP contribution in [0, 0.1) is 0 Å². The van der Waals surface area contributed by atoms with Crippen LogP contribution in [0.15, 0.2) is 55.1 Å². The van der Waals surface area contributed by atoms with Crippen LogP contribution < -0.4 is 0 Å². The highest BCUT2D eigenvalue weighted by Crippen LogP contribution is 2.32. The minimum atomic E-state index is -0.00458. The summed E-state index contributed by atoms with van der Waals surface area (Å²) in [6, 6.07) is 9.81. The summed E-state index contributed by atoms with van der Waals surface area (Å²) in [7, 11) is 0. The molecule has 3 aromatic rings. The molecule has 22 heavy (non-hydrogen) atoms. The van der Waals surface area contributed by atoms with E-state index in [4.69, 9.17) is 0 Å². The third-order valence-corrected chi connectivity index (χ3v) is 4.17. The van der Waals surface area contributed by atoms with E-state index in [1.54, 1.807) is 12.4 Å². The first-order valence-corrected chi connectivity index (χ1v) is 7.47. The van der Waals surface area contributed by atoms with Crippen molar-refractivity contribution in [2.75, 3.05) is 6.54 Å². The number of rotatable bonds is 2. The molecule has 4 rings (SSSR count). The van der Waals surface area contributed by atoms with Crippen LogP contribution in [0.4, 0.5) is 0 Å². The largest absolute Gasteiger partial charge is 0.330 e. The Bertz CT molecular complexity index is 779. The Morgan fingerprint density at radius 3 is 3.00 bits per heavy atom. The van der Waals surface area contributed by atoms with E-state index in [1.807, 2.05) is 52.0 Å². The van der Waals surface area contributed by atoms with Crippen LogP contribution in [0.3, 0.4) is 0 Å². The Morgan fingerprint density at radius 1 is 1.23 bits per heavy atom. The second-order valence-corrected chi connectivity index (χ2v) is 5.54. The number of aromatic nitrogens is 3. The standard InChI is InChI=1S/C17H16N4O/c22-17(14-12-20-9-2-1-7-16(20)19-14)21-10-4-6-15(21)13-5-3-8-18-11-13/h1-3,5,7-9,11-12,15H,4,6,10H2/t15-/m0/s1. The molecule has 0 N–H and O–H groups in total. The Kier molecular flexibility index (Phi) is 3.11. The van der Waals surface area contributed by atoms with Gasteiger partial charge in [0.25, 0.3) is 5.91 Å². The summed E-state index contributed by atoms with van der Waals surface area (Å²) in [6.45, 7) is 0.770. The van der Waals surface area contributed by atoms with Crippen LogP contribution in [0.5, 0.6) is 0 Å². The van der Waals surface area contributed by atoms with Crippen molar-refractivity contribution >= 4 is 11.6 Å². The lowest BCUT2D eigenvalue weighted by molar-refractivity contribution is 0.0730. The monoisotopic (exact) mass is 292 g/mol. The molecule has 0 saturated carbocycles. The van der Waals surface area contributed by atoms with Crippen LogP contribution in [0.2, 0.25) is 0 Å². The normalized spacial score (nSPS) is 18.0. The highest BCUT2D eigenvalue weighted by atomic mass is 16.2. The molecule has 4 heterocycles. The molecule has 0 unspecified atom stereocenters. The van der Waals surface area contributed by atoms with Gasteiger partial charge < -0.3 is 9.30 Å². The van der Waals surface area contributed by atoms with Crippen molar-refractivity contribution in [1.29, 1.82) is 0 Å². The topological polar surface area (TPSA) is 50.5 Å². The fourth-order valence-corrected chi connectivity index (χ4v) is 3.11. The van der Waals surface area contributed by atoms with Crippen molar-refractivity contribution < 1.29 is 4.79 Å². The number of amides is 1. The van der Waals surface area contributed by atoms with E-state index >= 15 is 0 Å². The minimum absolute atomic E-state index is 0.00458. The van der Waals surface area contributed by atoms with Crippen molar-refractivity contribution in [2.24, 2.45) is 0 Å². The van der Waals surface area contributed by atoms with Crippen LogP contribution in [0.1, 0.15) is 34.9 Å². The van der Waals surface area contributed by atoms with Gasteiger partial charge in [0.15, 0.2) is 0 Å². The van der Waals surface area contributed by atoms with Gasteiger partial charge in [-0.3, -0.25) is 9.78 Å². The SMILES string of the molecule is O=C(c1cn2ccccc2n1)N1CCC[C@H]1c1cccnc1. The number of imidazole rings is 1. The van der Waals surface area contributed by atoms with Gasteiger partial charge in [-0.1, -0.05) is 12.1 Å². The molecule has 1 aliphatic heterocycles. The lowest BCUT2D eigenvalue weighted by atomic mass is 10.1. The first kappa shape index (κ1) is 13.0. The molecule has 1 atom stereocenters. The number of hydrogen-bond donors (Lipinski definition) is 0. The van der Waals surface area contributed by atoms with Gasteiger partial charge in [-0.15, -0.1) is 0 Å². The number of likely N-dealkylation sites (tertiary alicyclic amines) is 1. The quantitative estimate of drug-likeness (QED) is 0.729. The van der Waals surface area contributed by atoms with Crippen LogP contribution >= 0.6 is 0 Å². The average Bonchev–Trinajstić information content (AvgIpc) is 3.21. The van der Waals surface area contributed by atoms with Crippen molar-refractivity contribution in [3.05, 3.63) is 66.4 Å². The molecule has 5 heteroatoms. The summed E-state index contributed by atoms with van der Waals surface area (Å²) in [5, 5.41) is 0. The number of pyridine rings is 2. The Hall–Kier alpha value is -2.69. The van der Waals surface area contributed by atoms with Gasteiger partial charge in [0.1, 0.15) is 11.3 Å². The van der Waals surface area contributed by atoms with Crippen LogP contribution in [0.25, 0.3) is 5.65 Å². The zero-order valence-corrected chi connectivity index (χ0v) is 12.1. The minimum Gasteiger partial charge on any atom is -0.330 e. The summed E-state index contributed by atoms with van der Waals surface area (Å²) in [6.07, 6.45) is 9.30. The van der Waals surface area contributed by atoms with Crippen molar-refractivity contribution in [2.45, 2.75) is 18.9 Å². The predicted octanol–water partition coefficient (Wildman–Crippen LogP) is 2.71. The maximum atomic E-state index is 12.8. The lowest BCUT2D eigenvalue weighted by Gasteiger charge is -2.23. The van der Waals surface area contributed by atoms with Gasteiger partial charge in [-0.25, -0.2) is 4.98 Å². The third-order valence-electron chi connectivity index (χ3n) is 4.17. The fourth-order valence-electron chi connectivity index (χ4n) is 3.11. The zero-order valence-electron chi connectivity index (χ0n) is 12.1. The maximum absolute atomic E-state index is 12.8. The summed E-state index contributed by atoms with van der Waals surface area (Å²) >= 11 is 0. The average molecular weight is 292 g/mol. The molecule has 0 aliphatic carbocycles. The second kappa shape index (κ2) is 5.26. The molecule has 110 valence electrons. The first-order chi connectivity index (χ1) is 10.8. The second-order valence-electron chi connectivity index (χ2n) is 5.54. The summed E-state index contributed by atoms with van der Waals surface area (Å²) in [5.41, 5.74) is 2.39. The highest BCUT2D eigenvalue weighted by molar-refractivity contribution is 5.93. The van der Waals surface area contributed by atoms with Gasteiger partial charge >= 0.3 is 0 Å². The van der Waals surface area contributed by atoms with E-state index in [0.717, 1.165) is 30.6 Å². The highest BCUT2D eigenvalue weighted by Gasteiger charge is 2.31. The van der Waals surface area contributed by atoms with E-state index in [2.05, 4.69) is 9.97 Å². The molecule has 1 fully saturated rings. The summed E-state index contributed by atoms with van der Waals surface area (Å²) in [4.78, 5) is 23.4. The molecule has 1 aliphatic rings. The van der Waals surface area contributed by atoms with Gasteiger partial charge in [-0.2, -0.15) is 0 Å². The van der Waals surface area contributed by atoms with Gasteiger partial charge in [-0.05, 0) is 36.6 Å².